The zero-order chi connectivity index (χ0) is 52.6. The van der Waals surface area contributed by atoms with Gasteiger partial charge in [0.2, 0.25) is 0 Å². The molecule has 0 radical (unpaired) electrons. The first-order valence-electron chi connectivity index (χ1n) is 31.1. The number of carbonyl (C=O) groups is 3. The number of ether oxygens (including phenoxy) is 3. The second kappa shape index (κ2) is 23.1. The highest BCUT2D eigenvalue weighted by Crippen LogP contribution is 2.69. The lowest BCUT2D eigenvalue weighted by atomic mass is 9.47. The number of carbonyl (C=O) groups excluding carboxylic acids is 3. The van der Waals surface area contributed by atoms with Crippen LogP contribution in [0.5, 0.6) is 0 Å². The molecule has 0 aliphatic heterocycles. The molecule has 17 atom stereocenters. The van der Waals surface area contributed by atoms with Crippen molar-refractivity contribution >= 4 is 18.0 Å². The number of esters is 2. The van der Waals surface area contributed by atoms with E-state index in [0.717, 1.165) is 116 Å². The van der Waals surface area contributed by atoms with Crippen LogP contribution in [0.15, 0.2) is 53.6 Å². The maximum Gasteiger partial charge on any atom is 0.408 e. The Hall–Kier alpha value is -3.09. The molecule has 6 saturated carbocycles. The lowest BCUT2D eigenvalue weighted by Gasteiger charge is -2.58. The van der Waals surface area contributed by atoms with E-state index >= 15 is 0 Å². The zero-order valence-electron chi connectivity index (χ0n) is 48.3. The van der Waals surface area contributed by atoms with E-state index in [1.807, 2.05) is 30.3 Å². The monoisotopic (exact) mass is 1020 g/mol. The summed E-state index contributed by atoms with van der Waals surface area (Å²) in [5.41, 5.74) is 5.04. The number of nitrogens with one attached hydrogen (secondary N) is 1. The van der Waals surface area contributed by atoms with Crippen molar-refractivity contribution in [1.29, 1.82) is 0 Å². The van der Waals surface area contributed by atoms with Crippen LogP contribution in [-0.4, -0.2) is 36.3 Å². The summed E-state index contributed by atoms with van der Waals surface area (Å²) in [5, 5.41) is 2.83. The number of benzene rings is 1. The van der Waals surface area contributed by atoms with Crippen molar-refractivity contribution in [1.82, 2.24) is 5.32 Å². The molecule has 1 aromatic carbocycles. The summed E-state index contributed by atoms with van der Waals surface area (Å²) in [6.45, 7) is 25.0. The van der Waals surface area contributed by atoms with E-state index in [1.165, 1.54) is 101 Å². The van der Waals surface area contributed by atoms with Crippen LogP contribution in [0.3, 0.4) is 0 Å². The second-order valence-corrected chi connectivity index (χ2v) is 28.5. The van der Waals surface area contributed by atoms with Crippen LogP contribution >= 0.6 is 0 Å². The van der Waals surface area contributed by atoms with Gasteiger partial charge in [-0.2, -0.15) is 0 Å². The smallest absolute Gasteiger partial charge is 0.408 e. The number of hydrogen-bond acceptors (Lipinski definition) is 6. The average molecular weight is 1020 g/mol. The van der Waals surface area contributed by atoms with Crippen LogP contribution in [-0.2, 0) is 30.4 Å². The van der Waals surface area contributed by atoms with Gasteiger partial charge in [-0.3, -0.25) is 4.79 Å². The minimum Gasteiger partial charge on any atom is -0.462 e. The molecular weight excluding hydrogens is 915 g/mol. The molecule has 74 heavy (non-hydrogen) atoms. The highest BCUT2D eigenvalue weighted by atomic mass is 16.6. The molecule has 0 unspecified atom stereocenters. The van der Waals surface area contributed by atoms with Crippen LogP contribution in [0, 0.1) is 92.7 Å². The fraction of sp³-hybridized carbons (Fsp3) is 0.806. The first kappa shape index (κ1) is 55.7. The van der Waals surface area contributed by atoms with Crippen LogP contribution in [0.2, 0.25) is 0 Å². The van der Waals surface area contributed by atoms with E-state index in [9.17, 15) is 14.4 Å². The predicted molar refractivity (Wildman–Crippen MR) is 299 cm³/mol. The number of allylic oxidation sites excluding steroid dienone is 2. The Kier molecular flexibility index (Phi) is 17.4. The van der Waals surface area contributed by atoms with E-state index < -0.39 is 18.1 Å². The summed E-state index contributed by atoms with van der Waals surface area (Å²) in [6, 6.07) is 8.53. The molecule has 8 aliphatic rings. The molecule has 1 N–H and O–H groups in total. The Morgan fingerprint density at radius 2 is 1.08 bits per heavy atom. The molecule has 0 heterocycles. The fourth-order valence-corrected chi connectivity index (χ4v) is 19.4. The maximum atomic E-state index is 14.3. The van der Waals surface area contributed by atoms with Crippen molar-refractivity contribution in [2.24, 2.45) is 92.7 Å². The van der Waals surface area contributed by atoms with E-state index in [1.54, 1.807) is 0 Å². The zero-order valence-corrected chi connectivity index (χ0v) is 48.3. The van der Waals surface area contributed by atoms with Crippen LogP contribution < -0.4 is 5.32 Å². The van der Waals surface area contributed by atoms with Gasteiger partial charge in [0.25, 0.3) is 0 Å². The molecule has 6 fully saturated rings. The molecule has 9 rings (SSSR count). The summed E-state index contributed by atoms with van der Waals surface area (Å²) in [5.74, 6) is 8.57. The van der Waals surface area contributed by atoms with Crippen molar-refractivity contribution in [3.8, 4) is 0 Å². The van der Waals surface area contributed by atoms with Gasteiger partial charge in [-0.1, -0.05) is 161 Å². The summed E-state index contributed by atoms with van der Waals surface area (Å²) < 4.78 is 18.3. The van der Waals surface area contributed by atoms with Crippen molar-refractivity contribution in [3.63, 3.8) is 0 Å². The van der Waals surface area contributed by atoms with E-state index in [2.05, 4.69) is 86.7 Å². The molecule has 7 heteroatoms. The maximum absolute atomic E-state index is 14.3. The number of amides is 1. The first-order chi connectivity index (χ1) is 35.3. The SMILES string of the molecule is CC(C)CCC[C@@H](C)[C@H]1CC[C@H]2[C@@H]3CC=C4C[C@@H](OC(=O)CC[C@H](NC(=O)OCc5ccccc5)C(=O)O[C@H]5CC[C@@]6(C)C(=CC[C@H]7[C@@H]8CC[C@H]([C@H](C)CCCC(C)C)[C@@]8(C)CC[C@@H]76)C5)CC[C@]4(C)[C@H]3CC[C@]12C. The van der Waals surface area contributed by atoms with E-state index in [-0.39, 0.29) is 48.5 Å². The predicted octanol–water partition coefficient (Wildman–Crippen LogP) is 17.0. The molecule has 0 aromatic heterocycles. The fourth-order valence-electron chi connectivity index (χ4n) is 19.4. The molecule has 412 valence electrons. The highest BCUT2D eigenvalue weighted by Gasteiger charge is 2.61. The van der Waals surface area contributed by atoms with Gasteiger partial charge in [0.15, 0.2) is 0 Å². The quantitative estimate of drug-likeness (QED) is 0.0843. The third kappa shape index (κ3) is 11.4. The molecular formula is C67H103NO6. The van der Waals surface area contributed by atoms with Gasteiger partial charge in [-0.25, -0.2) is 9.59 Å². The van der Waals surface area contributed by atoms with E-state index in [0.29, 0.717) is 22.7 Å². The normalized spacial score (nSPS) is 38.4. The van der Waals surface area contributed by atoms with Crippen molar-refractivity contribution in [3.05, 3.63) is 59.2 Å². The number of rotatable bonds is 19. The largest absolute Gasteiger partial charge is 0.462 e. The summed E-state index contributed by atoms with van der Waals surface area (Å²) in [7, 11) is 0. The highest BCUT2D eigenvalue weighted by molar-refractivity contribution is 5.82. The van der Waals surface area contributed by atoms with Crippen LogP contribution in [0.1, 0.15) is 229 Å². The van der Waals surface area contributed by atoms with Crippen molar-refractivity contribution in [2.75, 3.05) is 0 Å². The van der Waals surface area contributed by atoms with Gasteiger partial charge >= 0.3 is 18.0 Å². The van der Waals surface area contributed by atoms with Crippen molar-refractivity contribution in [2.45, 2.75) is 248 Å². The molecule has 1 amide bonds. The molecule has 7 nitrogen and oxygen atoms in total. The van der Waals surface area contributed by atoms with Crippen LogP contribution in [0.4, 0.5) is 4.79 Å². The Bertz CT molecular complexity index is 2160. The van der Waals surface area contributed by atoms with Gasteiger partial charge in [0.05, 0.1) is 0 Å². The van der Waals surface area contributed by atoms with Gasteiger partial charge in [0, 0.05) is 19.3 Å². The minimum atomic E-state index is -1.02. The van der Waals surface area contributed by atoms with Gasteiger partial charge in [-0.05, 0) is 195 Å². The number of fused-ring (bicyclic) bond motifs is 10. The number of hydrogen-bond donors (Lipinski definition) is 1. The Balaban J connectivity index is 0.798. The van der Waals surface area contributed by atoms with E-state index in [4.69, 9.17) is 14.2 Å². The summed E-state index contributed by atoms with van der Waals surface area (Å²) in [4.78, 5) is 41.4. The Labute approximate surface area is 450 Å². The van der Waals surface area contributed by atoms with Gasteiger partial charge in [0.1, 0.15) is 24.9 Å². The lowest BCUT2D eigenvalue weighted by Crippen LogP contribution is -2.51. The molecule has 0 spiro atoms. The van der Waals surface area contributed by atoms with Crippen molar-refractivity contribution < 1.29 is 28.6 Å². The number of alkyl carbamates (subject to hydrolysis) is 1. The summed E-state index contributed by atoms with van der Waals surface area (Å²) in [6.07, 6.45) is 30.8. The second-order valence-electron chi connectivity index (χ2n) is 28.5. The standard InChI is InChI=1S/C67H103NO6/c1-43(2)16-14-18-45(5)54-26-28-56-52-24-22-48-40-50(32-36-64(48,7)58(52)34-38-66(54,56)9)73-61(69)31-30-60(68-63(71)72-42-47-20-12-11-13-21-47)62(70)74-51-33-37-65(8)49(41-51)23-25-53-57-29-27-55(46(6)19-15-17-44(3)4)67(57,10)39-35-59(53)65/h11-13,20-23,43-46,50-60H,14-19,24-42H2,1-10H3,(H,68,71)/t45-,46-,50+,51+,52+,53+,54-,55-,56+,57+,58+,59+,60+,64+,65+,66-,67-/m1/s1. The Morgan fingerprint density at radius 3 is 1.58 bits per heavy atom. The lowest BCUT2D eigenvalue weighted by molar-refractivity contribution is -0.155. The van der Waals surface area contributed by atoms with Crippen LogP contribution in [0.25, 0.3) is 0 Å². The Morgan fingerprint density at radius 1 is 0.581 bits per heavy atom. The minimum absolute atomic E-state index is 0.0161. The van der Waals surface area contributed by atoms with Gasteiger partial charge < -0.3 is 19.5 Å². The molecule has 8 aliphatic carbocycles. The first-order valence-corrected chi connectivity index (χ1v) is 31.1. The molecule has 1 aromatic rings. The molecule has 0 bridgehead atoms. The average Bonchev–Trinajstić information content (AvgIpc) is 3.92. The third-order valence-corrected chi connectivity index (χ3v) is 23.5. The van der Waals surface area contributed by atoms with Gasteiger partial charge in [-0.15, -0.1) is 0 Å². The molecule has 0 saturated heterocycles. The summed E-state index contributed by atoms with van der Waals surface area (Å²) >= 11 is 0. The third-order valence-electron chi connectivity index (χ3n) is 23.5. The topological polar surface area (TPSA) is 90.9 Å².